The molecular formula is C14H13NO5. The number of hydrogen-bond donors (Lipinski definition) is 1. The van der Waals surface area contributed by atoms with Gasteiger partial charge in [-0.3, -0.25) is 14.9 Å². The number of nitro benzene ring substituents is 1. The maximum atomic E-state index is 11.7. The molecule has 1 aliphatic heterocycles. The molecule has 1 aliphatic carbocycles. The smallest absolute Gasteiger partial charge is 0.273 e. The van der Waals surface area contributed by atoms with Crippen LogP contribution in [0.5, 0.6) is 0 Å². The highest BCUT2D eigenvalue weighted by atomic mass is 16.6. The predicted molar refractivity (Wildman–Crippen MR) is 68.8 cm³/mol. The summed E-state index contributed by atoms with van der Waals surface area (Å²) >= 11 is 0. The molecule has 2 aliphatic rings. The molecule has 0 saturated carbocycles. The number of aliphatic hydroxyl groups excluding tert-OH is 1. The highest BCUT2D eigenvalue weighted by Crippen LogP contribution is 2.45. The number of nitro groups is 1. The predicted octanol–water partition coefficient (Wildman–Crippen LogP) is 2.03. The Morgan fingerprint density at radius 2 is 2.05 bits per heavy atom. The van der Waals surface area contributed by atoms with Crippen molar-refractivity contribution in [1.82, 2.24) is 0 Å². The summed E-state index contributed by atoms with van der Waals surface area (Å²) in [4.78, 5) is 22.4. The van der Waals surface area contributed by atoms with E-state index in [0.717, 1.165) is 5.57 Å². The molecule has 6 heteroatoms. The number of carbonyl (C=O) groups is 1. The number of Topliss-reactive ketones (excluding diaryl/α,β-unsaturated/α-hetero) is 1. The zero-order valence-electron chi connectivity index (χ0n) is 10.6. The number of ketones is 1. The number of hydrogen-bond acceptors (Lipinski definition) is 5. The summed E-state index contributed by atoms with van der Waals surface area (Å²) in [5.74, 6) is -0.268. The third kappa shape index (κ3) is 1.98. The molecule has 1 N–H and O–H groups in total. The van der Waals surface area contributed by atoms with Gasteiger partial charge in [0.1, 0.15) is 0 Å². The van der Waals surface area contributed by atoms with Crippen molar-refractivity contribution in [2.45, 2.75) is 31.5 Å². The molecule has 104 valence electrons. The molecule has 0 fully saturated rings. The van der Waals surface area contributed by atoms with E-state index in [1.54, 1.807) is 18.2 Å². The van der Waals surface area contributed by atoms with Crippen LogP contribution in [0.3, 0.4) is 0 Å². The Morgan fingerprint density at radius 3 is 2.80 bits per heavy atom. The Balaban J connectivity index is 2.10. The van der Waals surface area contributed by atoms with Crippen LogP contribution in [0.25, 0.3) is 0 Å². The van der Waals surface area contributed by atoms with Gasteiger partial charge in [0.25, 0.3) is 5.69 Å². The molecule has 6 nitrogen and oxygen atoms in total. The first-order valence-corrected chi connectivity index (χ1v) is 6.42. The van der Waals surface area contributed by atoms with Crippen molar-refractivity contribution < 1.29 is 19.6 Å². The van der Waals surface area contributed by atoms with Crippen molar-refractivity contribution in [2.75, 3.05) is 0 Å². The molecule has 0 saturated heterocycles. The molecule has 0 unspecified atom stereocenters. The molecule has 0 aromatic heterocycles. The second-order valence-electron chi connectivity index (χ2n) is 4.95. The lowest BCUT2D eigenvalue weighted by molar-refractivity contribution is -0.385. The molecule has 0 spiro atoms. The summed E-state index contributed by atoms with van der Waals surface area (Å²) in [7, 11) is 0. The molecular weight excluding hydrogens is 262 g/mol. The van der Waals surface area contributed by atoms with Crippen LogP contribution in [0.1, 0.15) is 30.7 Å². The average Bonchev–Trinajstić information content (AvgIpc) is 2.79. The quantitative estimate of drug-likeness (QED) is 0.659. The minimum absolute atomic E-state index is 0.0119. The zero-order valence-corrected chi connectivity index (χ0v) is 10.6. The lowest BCUT2D eigenvalue weighted by Crippen LogP contribution is -2.24. The van der Waals surface area contributed by atoms with Crippen LogP contribution in [0, 0.1) is 10.1 Å². The largest absolute Gasteiger partial charge is 0.461 e. The first kappa shape index (κ1) is 12.8. The van der Waals surface area contributed by atoms with Gasteiger partial charge >= 0.3 is 0 Å². The van der Waals surface area contributed by atoms with Crippen LogP contribution < -0.4 is 0 Å². The Morgan fingerprint density at radius 1 is 1.30 bits per heavy atom. The number of carbonyl (C=O) groups excluding carboxylic acids is 1. The van der Waals surface area contributed by atoms with Crippen molar-refractivity contribution in [3.8, 4) is 0 Å². The number of rotatable bonds is 2. The molecule has 20 heavy (non-hydrogen) atoms. The minimum atomic E-state index is -1.10. The SMILES string of the molecule is O=C1CCC2=C1O[C@H](O)C[C@H]2c1ccccc1[N+](=O)[O-]. The zero-order chi connectivity index (χ0) is 14.3. The lowest BCUT2D eigenvalue weighted by Gasteiger charge is -2.28. The Labute approximate surface area is 114 Å². The van der Waals surface area contributed by atoms with Crippen LogP contribution in [0.4, 0.5) is 5.69 Å². The van der Waals surface area contributed by atoms with Crippen molar-refractivity contribution in [3.63, 3.8) is 0 Å². The van der Waals surface area contributed by atoms with Gasteiger partial charge in [0, 0.05) is 30.4 Å². The van der Waals surface area contributed by atoms with E-state index in [0.29, 0.717) is 18.4 Å². The summed E-state index contributed by atoms with van der Waals surface area (Å²) in [5, 5.41) is 20.9. The number of allylic oxidation sites excluding steroid dienone is 2. The maximum absolute atomic E-state index is 11.7. The molecule has 0 bridgehead atoms. The van der Waals surface area contributed by atoms with Gasteiger partial charge in [0.15, 0.2) is 17.8 Å². The number of benzene rings is 1. The van der Waals surface area contributed by atoms with E-state index in [9.17, 15) is 20.0 Å². The first-order chi connectivity index (χ1) is 9.58. The standard InChI is InChI=1S/C14H13NO5/c16-12-6-5-9-10(7-13(17)20-14(9)12)8-3-1-2-4-11(8)15(18)19/h1-4,10,13,17H,5-7H2/t10-,13-/m0/s1. The third-order valence-electron chi connectivity index (χ3n) is 3.79. The van der Waals surface area contributed by atoms with E-state index in [1.165, 1.54) is 6.07 Å². The van der Waals surface area contributed by atoms with Gasteiger partial charge in [0.2, 0.25) is 0 Å². The fourth-order valence-electron chi connectivity index (χ4n) is 2.92. The summed E-state index contributed by atoms with van der Waals surface area (Å²) in [5.41, 5.74) is 1.31. The molecule has 2 atom stereocenters. The fraction of sp³-hybridized carbons (Fsp3) is 0.357. The number of nitrogens with zero attached hydrogens (tertiary/aromatic N) is 1. The summed E-state index contributed by atoms with van der Waals surface area (Å²) in [6.07, 6.45) is 0.0175. The summed E-state index contributed by atoms with van der Waals surface area (Å²) in [6, 6.07) is 6.44. The topological polar surface area (TPSA) is 89.7 Å². The lowest BCUT2D eigenvalue weighted by atomic mass is 9.85. The van der Waals surface area contributed by atoms with Gasteiger partial charge in [-0.25, -0.2) is 0 Å². The molecule has 1 aromatic rings. The highest BCUT2D eigenvalue weighted by molar-refractivity contribution is 5.97. The minimum Gasteiger partial charge on any atom is -0.461 e. The van der Waals surface area contributed by atoms with E-state index in [2.05, 4.69) is 0 Å². The Bertz CT molecular complexity index is 622. The van der Waals surface area contributed by atoms with E-state index >= 15 is 0 Å². The van der Waals surface area contributed by atoms with Gasteiger partial charge in [-0.1, -0.05) is 18.2 Å². The van der Waals surface area contributed by atoms with Crippen LogP contribution in [-0.4, -0.2) is 22.1 Å². The van der Waals surface area contributed by atoms with Gasteiger partial charge in [-0.15, -0.1) is 0 Å². The van der Waals surface area contributed by atoms with Crippen molar-refractivity contribution >= 4 is 11.5 Å². The maximum Gasteiger partial charge on any atom is 0.273 e. The van der Waals surface area contributed by atoms with Gasteiger partial charge < -0.3 is 9.84 Å². The molecule has 0 amide bonds. The number of ether oxygens (including phenoxy) is 1. The fourth-order valence-corrected chi connectivity index (χ4v) is 2.92. The van der Waals surface area contributed by atoms with Crippen molar-refractivity contribution in [3.05, 3.63) is 51.3 Å². The monoisotopic (exact) mass is 275 g/mol. The molecule has 1 heterocycles. The summed E-state index contributed by atoms with van der Waals surface area (Å²) < 4.78 is 5.19. The second-order valence-corrected chi connectivity index (χ2v) is 4.95. The van der Waals surface area contributed by atoms with E-state index in [4.69, 9.17) is 4.74 Å². The van der Waals surface area contributed by atoms with Crippen LogP contribution in [0.2, 0.25) is 0 Å². The van der Waals surface area contributed by atoms with Crippen LogP contribution >= 0.6 is 0 Å². The van der Waals surface area contributed by atoms with Crippen molar-refractivity contribution in [1.29, 1.82) is 0 Å². The number of para-hydroxylation sites is 1. The Hall–Kier alpha value is -2.21. The Kier molecular flexibility index (Phi) is 3.02. The van der Waals surface area contributed by atoms with Gasteiger partial charge in [0.05, 0.1) is 4.92 Å². The van der Waals surface area contributed by atoms with Gasteiger partial charge in [-0.2, -0.15) is 0 Å². The molecule has 1 aromatic carbocycles. The third-order valence-corrected chi connectivity index (χ3v) is 3.79. The van der Waals surface area contributed by atoms with Crippen molar-refractivity contribution in [2.24, 2.45) is 0 Å². The van der Waals surface area contributed by atoms with Gasteiger partial charge in [-0.05, 0) is 12.0 Å². The highest BCUT2D eigenvalue weighted by Gasteiger charge is 2.39. The molecule has 3 rings (SSSR count). The second kappa shape index (κ2) is 4.72. The van der Waals surface area contributed by atoms with Crippen LogP contribution in [0.15, 0.2) is 35.6 Å². The first-order valence-electron chi connectivity index (χ1n) is 6.42. The van der Waals surface area contributed by atoms with Crippen LogP contribution in [-0.2, 0) is 9.53 Å². The van der Waals surface area contributed by atoms with E-state index in [-0.39, 0.29) is 29.6 Å². The number of aliphatic hydroxyl groups is 1. The van der Waals surface area contributed by atoms with E-state index < -0.39 is 11.2 Å². The normalized spacial score (nSPS) is 25.4. The average molecular weight is 275 g/mol. The molecule has 0 radical (unpaired) electrons. The van der Waals surface area contributed by atoms with E-state index in [1.807, 2.05) is 0 Å². The summed E-state index contributed by atoms with van der Waals surface area (Å²) in [6.45, 7) is 0.